The maximum atomic E-state index is 12.1. The van der Waals surface area contributed by atoms with Crippen molar-refractivity contribution >= 4 is 6.09 Å². The lowest BCUT2D eigenvalue weighted by molar-refractivity contribution is -0.000613. The highest BCUT2D eigenvalue weighted by atomic mass is 16.6. The second-order valence-electron chi connectivity index (χ2n) is 5.23. The molecule has 1 amide bonds. The van der Waals surface area contributed by atoms with E-state index < -0.39 is 5.60 Å². The van der Waals surface area contributed by atoms with Crippen molar-refractivity contribution < 1.29 is 9.53 Å². The summed E-state index contributed by atoms with van der Waals surface area (Å²) in [6.45, 7) is 11.9. The van der Waals surface area contributed by atoms with Gasteiger partial charge >= 0.3 is 6.09 Å². The fourth-order valence-corrected chi connectivity index (χ4v) is 1.55. The number of rotatable bonds is 5. The van der Waals surface area contributed by atoms with Crippen LogP contribution in [-0.4, -0.2) is 48.3 Å². The van der Waals surface area contributed by atoms with E-state index in [1.54, 1.807) is 4.90 Å². The first-order valence-electron chi connectivity index (χ1n) is 5.99. The molecule has 100 valence electrons. The molecule has 0 fully saturated rings. The molecule has 0 saturated carbocycles. The predicted octanol–water partition coefficient (Wildman–Crippen LogP) is 2.71. The number of amides is 1. The van der Waals surface area contributed by atoms with E-state index in [0.29, 0.717) is 6.54 Å². The molecule has 0 aromatic carbocycles. The minimum absolute atomic E-state index is 0.00708. The zero-order valence-electron chi connectivity index (χ0n) is 12.0. The summed E-state index contributed by atoms with van der Waals surface area (Å²) >= 11 is 0. The molecule has 0 spiro atoms. The van der Waals surface area contributed by atoms with E-state index in [1.165, 1.54) is 0 Å². The molecule has 0 aliphatic carbocycles. The Balaban J connectivity index is 4.78. The molecule has 0 bridgehead atoms. The van der Waals surface area contributed by atoms with Gasteiger partial charge in [-0.3, -0.25) is 9.80 Å². The fraction of sp³-hybridized carbons (Fsp3) is 0.769. The number of hydrogen-bond acceptors (Lipinski definition) is 3. The molecule has 0 aromatic rings. The van der Waals surface area contributed by atoms with Gasteiger partial charge in [-0.1, -0.05) is 6.08 Å². The molecule has 4 nitrogen and oxygen atoms in total. The van der Waals surface area contributed by atoms with Gasteiger partial charge in [0, 0.05) is 6.54 Å². The van der Waals surface area contributed by atoms with Crippen LogP contribution in [0.15, 0.2) is 12.7 Å². The summed E-state index contributed by atoms with van der Waals surface area (Å²) in [7, 11) is 3.89. The molecule has 1 unspecified atom stereocenters. The van der Waals surface area contributed by atoms with Gasteiger partial charge in [0.05, 0.1) is 6.17 Å². The van der Waals surface area contributed by atoms with E-state index in [9.17, 15) is 4.79 Å². The van der Waals surface area contributed by atoms with Crippen LogP contribution in [0, 0.1) is 0 Å². The average molecular weight is 242 g/mol. The third kappa shape index (κ3) is 5.73. The van der Waals surface area contributed by atoms with E-state index in [1.807, 2.05) is 52.8 Å². The van der Waals surface area contributed by atoms with Gasteiger partial charge in [-0.15, -0.1) is 6.58 Å². The van der Waals surface area contributed by atoms with Gasteiger partial charge in [-0.2, -0.15) is 0 Å². The van der Waals surface area contributed by atoms with Crippen LogP contribution >= 0.6 is 0 Å². The number of nitrogens with zero attached hydrogens (tertiary/aromatic N) is 2. The Hall–Kier alpha value is -1.03. The third-order valence-corrected chi connectivity index (χ3v) is 2.30. The van der Waals surface area contributed by atoms with Gasteiger partial charge in [0.25, 0.3) is 0 Å². The van der Waals surface area contributed by atoms with Gasteiger partial charge in [0.15, 0.2) is 0 Å². The molecule has 0 rings (SSSR count). The zero-order valence-corrected chi connectivity index (χ0v) is 12.0. The van der Waals surface area contributed by atoms with Gasteiger partial charge < -0.3 is 4.74 Å². The van der Waals surface area contributed by atoms with Crippen molar-refractivity contribution in [3.05, 3.63) is 12.7 Å². The number of carbonyl (C=O) groups excluding carboxylic acids is 1. The molecule has 1 atom stereocenters. The van der Waals surface area contributed by atoms with Crippen LogP contribution in [0.3, 0.4) is 0 Å². The Kier molecular flexibility index (Phi) is 6.24. The second kappa shape index (κ2) is 6.64. The van der Waals surface area contributed by atoms with Crippen LogP contribution in [0.5, 0.6) is 0 Å². The van der Waals surface area contributed by atoms with Gasteiger partial charge in [-0.25, -0.2) is 4.79 Å². The monoisotopic (exact) mass is 242 g/mol. The standard InChI is InChI=1S/C13H26N2O2/c1-8-10-11(14(6)7)15(9-2)12(16)17-13(3,4)5/h8,11H,1,9-10H2,2-7H3. The Bertz CT molecular complexity index is 257. The van der Waals surface area contributed by atoms with Gasteiger partial charge in [-0.05, 0) is 48.2 Å². The summed E-state index contributed by atoms with van der Waals surface area (Å²) in [4.78, 5) is 15.8. The lowest BCUT2D eigenvalue weighted by Gasteiger charge is -2.35. The van der Waals surface area contributed by atoms with E-state index in [4.69, 9.17) is 4.74 Å². The molecule has 0 aliphatic rings. The lowest BCUT2D eigenvalue weighted by Crippen LogP contribution is -2.49. The number of carbonyl (C=O) groups is 1. The van der Waals surface area contributed by atoms with E-state index in [-0.39, 0.29) is 12.3 Å². The van der Waals surface area contributed by atoms with Crippen molar-refractivity contribution in [1.82, 2.24) is 9.80 Å². The molecule has 17 heavy (non-hydrogen) atoms. The smallest absolute Gasteiger partial charge is 0.411 e. The Morgan fingerprint density at radius 3 is 2.24 bits per heavy atom. The van der Waals surface area contributed by atoms with E-state index in [2.05, 4.69) is 6.58 Å². The first-order valence-corrected chi connectivity index (χ1v) is 5.99. The molecular weight excluding hydrogens is 216 g/mol. The largest absolute Gasteiger partial charge is 0.444 e. The van der Waals surface area contributed by atoms with Crippen LogP contribution in [-0.2, 0) is 4.74 Å². The van der Waals surface area contributed by atoms with Crippen molar-refractivity contribution in [2.45, 2.75) is 45.9 Å². The summed E-state index contributed by atoms with van der Waals surface area (Å²) in [5, 5.41) is 0. The van der Waals surface area contributed by atoms with Crippen molar-refractivity contribution in [1.29, 1.82) is 0 Å². The van der Waals surface area contributed by atoms with Crippen molar-refractivity contribution in [3.8, 4) is 0 Å². The predicted molar refractivity (Wildman–Crippen MR) is 70.9 cm³/mol. The van der Waals surface area contributed by atoms with Crippen molar-refractivity contribution in [2.24, 2.45) is 0 Å². The van der Waals surface area contributed by atoms with Gasteiger partial charge in [0.1, 0.15) is 5.60 Å². The van der Waals surface area contributed by atoms with E-state index >= 15 is 0 Å². The van der Waals surface area contributed by atoms with E-state index in [0.717, 1.165) is 6.42 Å². The first kappa shape index (κ1) is 16.0. The number of ether oxygens (including phenoxy) is 1. The maximum Gasteiger partial charge on any atom is 0.411 e. The molecule has 4 heteroatoms. The Morgan fingerprint density at radius 2 is 1.94 bits per heavy atom. The maximum absolute atomic E-state index is 12.1. The number of hydrogen-bond donors (Lipinski definition) is 0. The lowest BCUT2D eigenvalue weighted by atomic mass is 10.2. The average Bonchev–Trinajstić information content (AvgIpc) is 2.14. The summed E-state index contributed by atoms with van der Waals surface area (Å²) in [5.74, 6) is 0. The topological polar surface area (TPSA) is 32.8 Å². The van der Waals surface area contributed by atoms with Crippen LogP contribution in [0.4, 0.5) is 4.79 Å². The molecule has 0 aromatic heterocycles. The molecular formula is C13H26N2O2. The summed E-state index contributed by atoms with van der Waals surface area (Å²) in [5.41, 5.74) is -0.463. The highest BCUT2D eigenvalue weighted by Crippen LogP contribution is 2.14. The van der Waals surface area contributed by atoms with Crippen LogP contribution in [0.2, 0.25) is 0 Å². The van der Waals surface area contributed by atoms with Crippen LogP contribution < -0.4 is 0 Å². The van der Waals surface area contributed by atoms with Crippen molar-refractivity contribution in [2.75, 3.05) is 20.6 Å². The Labute approximate surface area is 105 Å². The van der Waals surface area contributed by atoms with Gasteiger partial charge in [0.2, 0.25) is 0 Å². The van der Waals surface area contributed by atoms with Crippen LogP contribution in [0.25, 0.3) is 0 Å². The first-order chi connectivity index (χ1) is 7.72. The fourth-order valence-electron chi connectivity index (χ4n) is 1.55. The summed E-state index contributed by atoms with van der Waals surface area (Å²) in [6.07, 6.45) is 2.26. The van der Waals surface area contributed by atoms with Crippen LogP contribution in [0.1, 0.15) is 34.1 Å². The van der Waals surface area contributed by atoms with Crippen molar-refractivity contribution in [3.63, 3.8) is 0 Å². The second-order valence-corrected chi connectivity index (χ2v) is 5.23. The minimum atomic E-state index is -0.463. The molecule has 0 saturated heterocycles. The Morgan fingerprint density at radius 1 is 1.41 bits per heavy atom. The molecule has 0 N–H and O–H groups in total. The highest BCUT2D eigenvalue weighted by molar-refractivity contribution is 5.68. The third-order valence-electron chi connectivity index (χ3n) is 2.30. The summed E-state index contributed by atoms with van der Waals surface area (Å²) < 4.78 is 5.39. The summed E-state index contributed by atoms with van der Waals surface area (Å²) in [6, 6.07) is 0. The molecule has 0 aliphatic heterocycles. The SMILES string of the molecule is C=CCC(N(C)C)N(CC)C(=O)OC(C)(C)C. The molecule has 0 heterocycles. The normalized spacial score (nSPS) is 13.4. The minimum Gasteiger partial charge on any atom is -0.444 e. The highest BCUT2D eigenvalue weighted by Gasteiger charge is 2.27. The molecule has 0 radical (unpaired) electrons. The quantitative estimate of drug-likeness (QED) is 0.549. The zero-order chi connectivity index (χ0) is 13.6.